The average molecular weight is 231 g/mol. The standard InChI is InChI=1S/C9H15BrN2/c1-3-12-7-6-11-9(12)5-4-8(2)10/h6-8H,3-5H2,1-2H3. The normalized spacial score (nSPS) is 13.2. The average Bonchev–Trinajstić information content (AvgIpc) is 2.47. The molecule has 0 aromatic carbocycles. The van der Waals surface area contributed by atoms with Gasteiger partial charge in [-0.3, -0.25) is 0 Å². The summed E-state index contributed by atoms with van der Waals surface area (Å²) in [5, 5.41) is 0. The zero-order valence-electron chi connectivity index (χ0n) is 7.63. The molecular weight excluding hydrogens is 216 g/mol. The first-order chi connectivity index (χ1) is 5.74. The Morgan fingerprint density at radius 1 is 1.67 bits per heavy atom. The minimum Gasteiger partial charge on any atom is -0.335 e. The monoisotopic (exact) mass is 230 g/mol. The molecule has 3 heteroatoms. The summed E-state index contributed by atoms with van der Waals surface area (Å²) in [4.78, 5) is 4.88. The maximum absolute atomic E-state index is 4.30. The summed E-state index contributed by atoms with van der Waals surface area (Å²) < 4.78 is 2.19. The minimum absolute atomic E-state index is 0.583. The summed E-state index contributed by atoms with van der Waals surface area (Å²) in [5.41, 5.74) is 0. The van der Waals surface area contributed by atoms with Gasteiger partial charge in [-0.25, -0.2) is 4.98 Å². The summed E-state index contributed by atoms with van der Waals surface area (Å²) in [5.74, 6) is 1.20. The van der Waals surface area contributed by atoms with Gasteiger partial charge in [-0.05, 0) is 13.3 Å². The van der Waals surface area contributed by atoms with E-state index in [1.54, 1.807) is 0 Å². The van der Waals surface area contributed by atoms with E-state index in [-0.39, 0.29) is 0 Å². The largest absolute Gasteiger partial charge is 0.335 e. The smallest absolute Gasteiger partial charge is 0.108 e. The van der Waals surface area contributed by atoms with Crippen LogP contribution in [0.25, 0.3) is 0 Å². The maximum atomic E-state index is 4.30. The van der Waals surface area contributed by atoms with Crippen LogP contribution in [0, 0.1) is 0 Å². The van der Waals surface area contributed by atoms with E-state index in [2.05, 4.69) is 39.3 Å². The third-order valence-corrected chi connectivity index (χ3v) is 2.37. The van der Waals surface area contributed by atoms with Gasteiger partial charge in [-0.15, -0.1) is 0 Å². The van der Waals surface area contributed by atoms with E-state index in [1.807, 2.05) is 12.4 Å². The lowest BCUT2D eigenvalue weighted by molar-refractivity contribution is 0.669. The molecule has 1 aromatic heterocycles. The van der Waals surface area contributed by atoms with Crippen LogP contribution in [0.5, 0.6) is 0 Å². The Morgan fingerprint density at radius 3 is 3.00 bits per heavy atom. The molecule has 2 nitrogen and oxygen atoms in total. The Bertz CT molecular complexity index is 230. The number of imidazole rings is 1. The third kappa shape index (κ3) is 2.63. The van der Waals surface area contributed by atoms with Gasteiger partial charge in [-0.1, -0.05) is 22.9 Å². The van der Waals surface area contributed by atoms with Crippen molar-refractivity contribution in [2.75, 3.05) is 0 Å². The first kappa shape index (κ1) is 9.78. The van der Waals surface area contributed by atoms with E-state index < -0.39 is 0 Å². The number of rotatable bonds is 4. The van der Waals surface area contributed by atoms with Crippen molar-refractivity contribution in [3.63, 3.8) is 0 Å². The van der Waals surface area contributed by atoms with Gasteiger partial charge in [-0.2, -0.15) is 0 Å². The predicted octanol–water partition coefficient (Wildman–Crippen LogP) is 2.62. The molecule has 0 saturated heterocycles. The highest BCUT2D eigenvalue weighted by molar-refractivity contribution is 9.09. The molecule has 0 saturated carbocycles. The molecule has 1 aromatic rings. The fourth-order valence-corrected chi connectivity index (χ4v) is 1.41. The van der Waals surface area contributed by atoms with Gasteiger partial charge in [0.2, 0.25) is 0 Å². The summed E-state index contributed by atoms with van der Waals surface area (Å²) >= 11 is 3.53. The molecule has 1 unspecified atom stereocenters. The summed E-state index contributed by atoms with van der Waals surface area (Å²) in [6.45, 7) is 5.33. The Labute approximate surface area is 82.1 Å². The summed E-state index contributed by atoms with van der Waals surface area (Å²) in [7, 11) is 0. The number of alkyl halides is 1. The van der Waals surface area contributed by atoms with Crippen LogP contribution in [0.4, 0.5) is 0 Å². The van der Waals surface area contributed by atoms with E-state index >= 15 is 0 Å². The van der Waals surface area contributed by atoms with Crippen molar-refractivity contribution < 1.29 is 0 Å². The van der Waals surface area contributed by atoms with Crippen molar-refractivity contribution in [2.24, 2.45) is 0 Å². The highest BCUT2D eigenvalue weighted by Crippen LogP contribution is 2.08. The Balaban J connectivity index is 2.50. The summed E-state index contributed by atoms with van der Waals surface area (Å²) in [6.07, 6.45) is 6.12. The molecule has 68 valence electrons. The van der Waals surface area contributed by atoms with Gasteiger partial charge >= 0.3 is 0 Å². The van der Waals surface area contributed by atoms with Crippen LogP contribution in [0.1, 0.15) is 26.1 Å². The number of hydrogen-bond donors (Lipinski definition) is 0. The second-order valence-corrected chi connectivity index (χ2v) is 4.51. The molecule has 0 fully saturated rings. The molecule has 0 aliphatic carbocycles. The van der Waals surface area contributed by atoms with E-state index in [1.165, 1.54) is 5.82 Å². The fourth-order valence-electron chi connectivity index (χ4n) is 1.18. The SMILES string of the molecule is CCn1ccnc1CCC(C)Br. The van der Waals surface area contributed by atoms with Crippen molar-refractivity contribution in [1.29, 1.82) is 0 Å². The third-order valence-electron chi connectivity index (χ3n) is 1.91. The highest BCUT2D eigenvalue weighted by Gasteiger charge is 2.02. The van der Waals surface area contributed by atoms with Gasteiger partial charge in [0, 0.05) is 30.2 Å². The van der Waals surface area contributed by atoms with E-state index in [9.17, 15) is 0 Å². The molecule has 1 heterocycles. The number of halogens is 1. The molecule has 0 radical (unpaired) electrons. The Kier molecular flexibility index (Phi) is 3.79. The second kappa shape index (κ2) is 4.65. The van der Waals surface area contributed by atoms with Gasteiger partial charge < -0.3 is 4.57 Å². The maximum Gasteiger partial charge on any atom is 0.108 e. The van der Waals surface area contributed by atoms with E-state index in [4.69, 9.17) is 0 Å². The van der Waals surface area contributed by atoms with Gasteiger partial charge in [0.25, 0.3) is 0 Å². The lowest BCUT2D eigenvalue weighted by Gasteiger charge is -2.05. The van der Waals surface area contributed by atoms with Crippen molar-refractivity contribution in [3.05, 3.63) is 18.2 Å². The van der Waals surface area contributed by atoms with Crippen molar-refractivity contribution in [1.82, 2.24) is 9.55 Å². The summed E-state index contributed by atoms with van der Waals surface area (Å²) in [6, 6.07) is 0. The van der Waals surface area contributed by atoms with Crippen molar-refractivity contribution >= 4 is 15.9 Å². The Morgan fingerprint density at radius 2 is 2.42 bits per heavy atom. The van der Waals surface area contributed by atoms with Crippen LogP contribution >= 0.6 is 15.9 Å². The molecule has 0 N–H and O–H groups in total. The lowest BCUT2D eigenvalue weighted by Crippen LogP contribution is -2.03. The molecule has 0 spiro atoms. The molecule has 1 atom stereocenters. The molecule has 0 bridgehead atoms. The van der Waals surface area contributed by atoms with E-state index in [0.29, 0.717) is 4.83 Å². The molecule has 12 heavy (non-hydrogen) atoms. The first-order valence-electron chi connectivity index (χ1n) is 4.38. The quantitative estimate of drug-likeness (QED) is 0.728. The highest BCUT2D eigenvalue weighted by atomic mass is 79.9. The van der Waals surface area contributed by atoms with Crippen LogP contribution in [0.3, 0.4) is 0 Å². The van der Waals surface area contributed by atoms with E-state index in [0.717, 1.165) is 19.4 Å². The van der Waals surface area contributed by atoms with Crippen LogP contribution in [-0.4, -0.2) is 14.4 Å². The number of aryl methyl sites for hydroxylation is 2. The van der Waals surface area contributed by atoms with Crippen LogP contribution < -0.4 is 0 Å². The van der Waals surface area contributed by atoms with Crippen molar-refractivity contribution in [2.45, 2.75) is 38.1 Å². The predicted molar refractivity (Wildman–Crippen MR) is 54.6 cm³/mol. The van der Waals surface area contributed by atoms with Crippen LogP contribution in [0.15, 0.2) is 12.4 Å². The van der Waals surface area contributed by atoms with Crippen LogP contribution in [0.2, 0.25) is 0 Å². The van der Waals surface area contributed by atoms with Gasteiger partial charge in [0.05, 0.1) is 0 Å². The molecular formula is C9H15BrN2. The van der Waals surface area contributed by atoms with Gasteiger partial charge in [0.15, 0.2) is 0 Å². The zero-order chi connectivity index (χ0) is 8.97. The number of aromatic nitrogens is 2. The second-order valence-electron chi connectivity index (χ2n) is 2.95. The van der Waals surface area contributed by atoms with Crippen LogP contribution in [-0.2, 0) is 13.0 Å². The minimum atomic E-state index is 0.583. The van der Waals surface area contributed by atoms with Gasteiger partial charge in [0.1, 0.15) is 5.82 Å². The Hall–Kier alpha value is -0.310. The number of hydrogen-bond acceptors (Lipinski definition) is 1. The first-order valence-corrected chi connectivity index (χ1v) is 5.29. The zero-order valence-corrected chi connectivity index (χ0v) is 9.21. The number of nitrogens with zero attached hydrogens (tertiary/aromatic N) is 2. The molecule has 0 aliphatic rings. The van der Waals surface area contributed by atoms with Crippen molar-refractivity contribution in [3.8, 4) is 0 Å². The molecule has 0 aliphatic heterocycles. The molecule has 1 rings (SSSR count). The molecule has 0 amide bonds. The topological polar surface area (TPSA) is 17.8 Å². The lowest BCUT2D eigenvalue weighted by atomic mass is 10.2. The fraction of sp³-hybridized carbons (Fsp3) is 0.667.